The van der Waals surface area contributed by atoms with Crippen molar-refractivity contribution in [2.24, 2.45) is 11.3 Å². The molecule has 2 unspecified atom stereocenters. The van der Waals surface area contributed by atoms with Crippen LogP contribution in [0.5, 0.6) is 0 Å². The van der Waals surface area contributed by atoms with Crippen LogP contribution < -0.4 is 5.32 Å². The Hall–Kier alpha value is -0.0800. The Balaban J connectivity index is 2.45. The van der Waals surface area contributed by atoms with Gasteiger partial charge in [0.2, 0.25) is 0 Å². The molecule has 2 nitrogen and oxygen atoms in total. The van der Waals surface area contributed by atoms with Crippen LogP contribution in [0.25, 0.3) is 0 Å². The normalized spacial score (nSPS) is 34.1. The Labute approximate surface area is 88.1 Å². The van der Waals surface area contributed by atoms with Crippen LogP contribution in [0.2, 0.25) is 0 Å². The Morgan fingerprint density at radius 3 is 2.57 bits per heavy atom. The summed E-state index contributed by atoms with van der Waals surface area (Å²) in [7, 11) is 0. The molecule has 3 atom stereocenters. The van der Waals surface area contributed by atoms with Gasteiger partial charge in [-0.15, -0.1) is 0 Å². The summed E-state index contributed by atoms with van der Waals surface area (Å²) in [5.41, 5.74) is 0.463. The molecule has 14 heavy (non-hydrogen) atoms. The molecule has 0 amide bonds. The topological polar surface area (TPSA) is 32.3 Å². The van der Waals surface area contributed by atoms with Crippen LogP contribution in [0.4, 0.5) is 0 Å². The summed E-state index contributed by atoms with van der Waals surface area (Å²) in [4.78, 5) is 0. The molecule has 1 fully saturated rings. The number of aliphatic hydroxyl groups is 1. The second-order valence-corrected chi connectivity index (χ2v) is 5.86. The highest BCUT2D eigenvalue weighted by Crippen LogP contribution is 2.38. The van der Waals surface area contributed by atoms with Gasteiger partial charge in [-0.1, -0.05) is 20.8 Å². The summed E-state index contributed by atoms with van der Waals surface area (Å²) in [5, 5.41) is 12.5. The van der Waals surface area contributed by atoms with Gasteiger partial charge in [-0.25, -0.2) is 0 Å². The molecule has 0 saturated heterocycles. The summed E-state index contributed by atoms with van der Waals surface area (Å²) in [5.74, 6) is 0.808. The van der Waals surface area contributed by atoms with E-state index in [2.05, 4.69) is 26.1 Å². The van der Waals surface area contributed by atoms with Gasteiger partial charge in [0.25, 0.3) is 0 Å². The summed E-state index contributed by atoms with van der Waals surface area (Å²) < 4.78 is 0. The third-order valence-corrected chi connectivity index (χ3v) is 3.18. The van der Waals surface area contributed by atoms with Gasteiger partial charge in [-0.05, 0) is 37.5 Å². The van der Waals surface area contributed by atoms with E-state index in [4.69, 9.17) is 5.11 Å². The van der Waals surface area contributed by atoms with Crippen LogP contribution in [0, 0.1) is 11.3 Å². The maximum atomic E-state index is 9.00. The molecule has 84 valence electrons. The second-order valence-electron chi connectivity index (χ2n) is 5.86. The second kappa shape index (κ2) is 4.63. The molecule has 0 aromatic carbocycles. The predicted octanol–water partition coefficient (Wildman–Crippen LogP) is 2.17. The first kappa shape index (κ1) is 12.0. The van der Waals surface area contributed by atoms with Crippen LogP contribution in [0.15, 0.2) is 0 Å². The zero-order chi connectivity index (χ0) is 10.8. The van der Waals surface area contributed by atoms with E-state index in [1.807, 2.05) is 6.92 Å². The highest BCUT2D eigenvalue weighted by Gasteiger charge is 2.32. The maximum absolute atomic E-state index is 9.00. The van der Waals surface area contributed by atoms with Crippen LogP contribution in [-0.2, 0) is 0 Å². The summed E-state index contributed by atoms with van der Waals surface area (Å²) in [6.07, 6.45) is 3.83. The largest absolute Gasteiger partial charge is 0.395 e. The summed E-state index contributed by atoms with van der Waals surface area (Å²) in [6.45, 7) is 9.32. The average molecular weight is 199 g/mol. The van der Waals surface area contributed by atoms with E-state index in [0.29, 0.717) is 11.5 Å². The van der Waals surface area contributed by atoms with Gasteiger partial charge in [0.1, 0.15) is 0 Å². The monoisotopic (exact) mass is 199 g/mol. The van der Waals surface area contributed by atoms with Crippen molar-refractivity contribution in [3.05, 3.63) is 0 Å². The maximum Gasteiger partial charge on any atom is 0.0582 e. The van der Waals surface area contributed by atoms with Gasteiger partial charge in [0.05, 0.1) is 6.61 Å². The fourth-order valence-corrected chi connectivity index (χ4v) is 2.93. The molecule has 1 rings (SSSR count). The Bertz CT molecular complexity index is 179. The predicted molar refractivity (Wildman–Crippen MR) is 60.3 cm³/mol. The van der Waals surface area contributed by atoms with Crippen LogP contribution in [0.3, 0.4) is 0 Å². The summed E-state index contributed by atoms with van der Waals surface area (Å²) >= 11 is 0. The van der Waals surface area contributed by atoms with E-state index in [0.717, 1.165) is 5.92 Å². The van der Waals surface area contributed by atoms with E-state index in [-0.39, 0.29) is 12.6 Å². The molecular formula is C12H25NO. The lowest BCUT2D eigenvalue weighted by molar-refractivity contribution is 0.135. The minimum atomic E-state index is 0.237. The lowest BCUT2D eigenvalue weighted by Gasteiger charge is -2.40. The molecule has 1 aliphatic rings. The molecule has 0 aromatic rings. The number of nitrogens with one attached hydrogen (secondary N) is 1. The van der Waals surface area contributed by atoms with Gasteiger partial charge >= 0.3 is 0 Å². The van der Waals surface area contributed by atoms with E-state index in [1.54, 1.807) is 0 Å². The molecule has 0 aliphatic heterocycles. The molecular weight excluding hydrogens is 174 g/mol. The first-order valence-corrected chi connectivity index (χ1v) is 5.80. The van der Waals surface area contributed by atoms with Crippen molar-refractivity contribution in [1.82, 2.24) is 5.32 Å². The van der Waals surface area contributed by atoms with Gasteiger partial charge in [0.15, 0.2) is 0 Å². The van der Waals surface area contributed by atoms with Gasteiger partial charge < -0.3 is 10.4 Å². The first-order chi connectivity index (χ1) is 6.43. The Morgan fingerprint density at radius 2 is 2.07 bits per heavy atom. The molecule has 0 heterocycles. The van der Waals surface area contributed by atoms with Gasteiger partial charge in [0, 0.05) is 12.1 Å². The molecule has 0 spiro atoms. The van der Waals surface area contributed by atoms with E-state index >= 15 is 0 Å². The van der Waals surface area contributed by atoms with Crippen molar-refractivity contribution in [2.45, 2.75) is 59.0 Å². The molecule has 0 radical (unpaired) electrons. The molecule has 0 aromatic heterocycles. The number of hydrogen-bond acceptors (Lipinski definition) is 2. The quantitative estimate of drug-likeness (QED) is 0.730. The van der Waals surface area contributed by atoms with Crippen molar-refractivity contribution in [1.29, 1.82) is 0 Å². The lowest BCUT2D eigenvalue weighted by atomic mass is 9.70. The van der Waals surface area contributed by atoms with Crippen LogP contribution in [0.1, 0.15) is 47.0 Å². The fourth-order valence-electron chi connectivity index (χ4n) is 2.93. The third kappa shape index (κ3) is 3.58. The van der Waals surface area contributed by atoms with Gasteiger partial charge in [-0.2, -0.15) is 0 Å². The van der Waals surface area contributed by atoms with Crippen LogP contribution >= 0.6 is 0 Å². The van der Waals surface area contributed by atoms with Crippen molar-refractivity contribution >= 4 is 0 Å². The highest BCUT2D eigenvalue weighted by molar-refractivity contribution is 4.87. The smallest absolute Gasteiger partial charge is 0.0582 e. The van der Waals surface area contributed by atoms with E-state index in [9.17, 15) is 0 Å². The standard InChI is InChI=1S/C12H25NO/c1-9-5-11(13-10(2)8-14)7-12(3,4)6-9/h9-11,13-14H,5-8H2,1-4H3/t9?,10-,11?/m0/s1. The van der Waals surface area contributed by atoms with Crippen molar-refractivity contribution in [2.75, 3.05) is 6.61 Å². The van der Waals surface area contributed by atoms with Crippen molar-refractivity contribution < 1.29 is 5.11 Å². The first-order valence-electron chi connectivity index (χ1n) is 5.80. The minimum Gasteiger partial charge on any atom is -0.395 e. The number of aliphatic hydroxyl groups excluding tert-OH is 1. The highest BCUT2D eigenvalue weighted by atomic mass is 16.3. The lowest BCUT2D eigenvalue weighted by Crippen LogP contribution is -2.45. The molecule has 1 saturated carbocycles. The minimum absolute atomic E-state index is 0.237. The van der Waals surface area contributed by atoms with Crippen molar-refractivity contribution in [3.63, 3.8) is 0 Å². The number of hydrogen-bond donors (Lipinski definition) is 2. The van der Waals surface area contributed by atoms with E-state index in [1.165, 1.54) is 19.3 Å². The Morgan fingerprint density at radius 1 is 1.43 bits per heavy atom. The average Bonchev–Trinajstić information content (AvgIpc) is 1.99. The van der Waals surface area contributed by atoms with Crippen molar-refractivity contribution in [3.8, 4) is 0 Å². The molecule has 1 aliphatic carbocycles. The molecule has 2 N–H and O–H groups in total. The van der Waals surface area contributed by atoms with E-state index < -0.39 is 0 Å². The SMILES string of the molecule is CC1CC(N[C@@H](C)CO)CC(C)(C)C1. The van der Waals surface area contributed by atoms with Crippen LogP contribution in [-0.4, -0.2) is 23.8 Å². The molecule has 2 heteroatoms. The Kier molecular flexibility index (Phi) is 3.96. The molecule has 0 bridgehead atoms. The third-order valence-electron chi connectivity index (χ3n) is 3.18. The zero-order valence-corrected chi connectivity index (χ0v) is 10.0. The fraction of sp³-hybridized carbons (Fsp3) is 1.00. The number of rotatable bonds is 3. The van der Waals surface area contributed by atoms with Gasteiger partial charge in [-0.3, -0.25) is 0 Å². The summed E-state index contributed by atoms with van der Waals surface area (Å²) in [6, 6.07) is 0.831. The zero-order valence-electron chi connectivity index (χ0n) is 10.0.